The Balaban J connectivity index is 1.91. The molecule has 2 aromatic heterocycles. The number of nitrogens with two attached hydrogens (primary N) is 1. The van der Waals surface area contributed by atoms with Crippen molar-refractivity contribution < 1.29 is 0 Å². The van der Waals surface area contributed by atoms with Gasteiger partial charge in [-0.2, -0.15) is 5.10 Å². The molecule has 1 unspecified atom stereocenters. The Bertz CT molecular complexity index is 435. The Labute approximate surface area is 95.1 Å². The second-order valence-electron chi connectivity index (χ2n) is 3.95. The molecule has 2 heterocycles. The van der Waals surface area contributed by atoms with Crippen LogP contribution in [-0.4, -0.2) is 14.8 Å². The lowest BCUT2D eigenvalue weighted by atomic mass is 10.0. The smallest absolute Gasteiger partial charge is 0.0521 e. The largest absolute Gasteiger partial charge is 0.324 e. The molecule has 0 bridgehead atoms. The molecule has 2 rings (SSSR count). The average molecular weight is 216 g/mol. The molecule has 0 saturated heterocycles. The van der Waals surface area contributed by atoms with Gasteiger partial charge in [-0.25, -0.2) is 0 Å². The first-order chi connectivity index (χ1) is 7.75. The second-order valence-corrected chi connectivity index (χ2v) is 3.95. The third-order valence-corrected chi connectivity index (χ3v) is 2.61. The maximum atomic E-state index is 6.08. The van der Waals surface area contributed by atoms with E-state index in [1.807, 2.05) is 42.5 Å². The normalized spacial score (nSPS) is 12.6. The number of hydrogen-bond donors (Lipinski definition) is 1. The van der Waals surface area contributed by atoms with Gasteiger partial charge in [0, 0.05) is 31.7 Å². The Morgan fingerprint density at radius 1 is 1.44 bits per heavy atom. The van der Waals surface area contributed by atoms with Gasteiger partial charge in [0.15, 0.2) is 0 Å². The van der Waals surface area contributed by atoms with Crippen molar-refractivity contribution in [2.75, 3.05) is 0 Å². The molecule has 1 atom stereocenters. The van der Waals surface area contributed by atoms with Gasteiger partial charge in [-0.3, -0.25) is 9.67 Å². The van der Waals surface area contributed by atoms with E-state index in [1.165, 1.54) is 5.56 Å². The highest BCUT2D eigenvalue weighted by Gasteiger charge is 2.06. The van der Waals surface area contributed by atoms with Crippen LogP contribution in [0, 0.1) is 0 Å². The van der Waals surface area contributed by atoms with Crippen molar-refractivity contribution in [1.82, 2.24) is 14.8 Å². The molecule has 0 aliphatic carbocycles. The number of pyridine rings is 1. The molecule has 4 nitrogen and oxygen atoms in total. The number of aryl methyl sites for hydroxylation is 2. The van der Waals surface area contributed by atoms with Crippen LogP contribution in [0.25, 0.3) is 0 Å². The number of hydrogen-bond acceptors (Lipinski definition) is 3. The van der Waals surface area contributed by atoms with E-state index in [4.69, 9.17) is 5.73 Å². The molecule has 0 aromatic carbocycles. The average Bonchev–Trinajstić information content (AvgIpc) is 2.73. The van der Waals surface area contributed by atoms with Gasteiger partial charge in [0.1, 0.15) is 0 Å². The van der Waals surface area contributed by atoms with Gasteiger partial charge in [-0.1, -0.05) is 6.07 Å². The fraction of sp³-hybridized carbons (Fsp3) is 0.333. The van der Waals surface area contributed by atoms with Crippen molar-refractivity contribution in [2.24, 2.45) is 12.8 Å². The Kier molecular flexibility index (Phi) is 3.31. The quantitative estimate of drug-likeness (QED) is 0.841. The minimum Gasteiger partial charge on any atom is -0.324 e. The summed E-state index contributed by atoms with van der Waals surface area (Å²) < 4.78 is 1.81. The molecule has 0 saturated carbocycles. The molecular formula is C12H16N4. The summed E-state index contributed by atoms with van der Waals surface area (Å²) in [7, 11) is 1.92. The van der Waals surface area contributed by atoms with Crippen LogP contribution < -0.4 is 5.73 Å². The van der Waals surface area contributed by atoms with Gasteiger partial charge in [-0.05, 0) is 30.0 Å². The van der Waals surface area contributed by atoms with E-state index in [0.29, 0.717) is 0 Å². The summed E-state index contributed by atoms with van der Waals surface area (Å²) in [6.07, 6.45) is 9.36. The van der Waals surface area contributed by atoms with Crippen molar-refractivity contribution in [3.8, 4) is 0 Å². The fourth-order valence-electron chi connectivity index (χ4n) is 1.69. The molecule has 0 radical (unpaired) electrons. The first-order valence-corrected chi connectivity index (χ1v) is 5.39. The molecule has 0 fully saturated rings. The van der Waals surface area contributed by atoms with Crippen molar-refractivity contribution in [1.29, 1.82) is 0 Å². The highest BCUT2D eigenvalue weighted by Crippen LogP contribution is 2.15. The first-order valence-electron chi connectivity index (χ1n) is 5.39. The zero-order chi connectivity index (χ0) is 11.4. The number of nitrogens with zero attached hydrogens (tertiary/aromatic N) is 3. The summed E-state index contributed by atoms with van der Waals surface area (Å²) in [6.45, 7) is 0. The standard InChI is InChI=1S/C12H16N4/c1-16-9-10(7-15-16)4-5-12(13)11-3-2-6-14-8-11/h2-3,6-9,12H,4-5,13H2,1H3. The lowest BCUT2D eigenvalue weighted by Gasteiger charge is -2.10. The van der Waals surface area contributed by atoms with Crippen molar-refractivity contribution >= 4 is 0 Å². The SMILES string of the molecule is Cn1cc(CCC(N)c2cccnc2)cn1. The maximum Gasteiger partial charge on any atom is 0.0521 e. The zero-order valence-corrected chi connectivity index (χ0v) is 9.37. The molecule has 4 heteroatoms. The molecule has 2 N–H and O–H groups in total. The molecule has 2 aromatic rings. The molecular weight excluding hydrogens is 200 g/mol. The van der Waals surface area contributed by atoms with E-state index in [9.17, 15) is 0 Å². The lowest BCUT2D eigenvalue weighted by molar-refractivity contribution is 0.648. The molecule has 0 aliphatic heterocycles. The van der Waals surface area contributed by atoms with Crippen LogP contribution in [0.4, 0.5) is 0 Å². The van der Waals surface area contributed by atoms with E-state index >= 15 is 0 Å². The van der Waals surface area contributed by atoms with E-state index in [1.54, 1.807) is 6.20 Å². The van der Waals surface area contributed by atoms with Gasteiger partial charge < -0.3 is 5.73 Å². The molecule has 0 spiro atoms. The van der Waals surface area contributed by atoms with Crippen LogP contribution in [-0.2, 0) is 13.5 Å². The van der Waals surface area contributed by atoms with E-state index in [0.717, 1.165) is 18.4 Å². The van der Waals surface area contributed by atoms with Gasteiger partial charge in [0.2, 0.25) is 0 Å². The van der Waals surface area contributed by atoms with Crippen molar-refractivity contribution in [3.63, 3.8) is 0 Å². The highest BCUT2D eigenvalue weighted by molar-refractivity contribution is 5.14. The number of aromatic nitrogens is 3. The van der Waals surface area contributed by atoms with Crippen molar-refractivity contribution in [2.45, 2.75) is 18.9 Å². The first kappa shape index (κ1) is 10.8. The van der Waals surface area contributed by atoms with Crippen LogP contribution in [0.15, 0.2) is 36.9 Å². The Morgan fingerprint density at radius 3 is 2.94 bits per heavy atom. The van der Waals surface area contributed by atoms with Gasteiger partial charge in [0.25, 0.3) is 0 Å². The summed E-state index contributed by atoms with van der Waals surface area (Å²) in [5.41, 5.74) is 8.40. The van der Waals surface area contributed by atoms with Crippen molar-refractivity contribution in [3.05, 3.63) is 48.0 Å². The fourth-order valence-corrected chi connectivity index (χ4v) is 1.69. The van der Waals surface area contributed by atoms with Crippen LogP contribution in [0.5, 0.6) is 0 Å². The Morgan fingerprint density at radius 2 is 2.31 bits per heavy atom. The number of rotatable bonds is 4. The molecule has 0 aliphatic rings. The minimum absolute atomic E-state index is 0.0499. The monoisotopic (exact) mass is 216 g/mol. The van der Waals surface area contributed by atoms with E-state index in [-0.39, 0.29) is 6.04 Å². The van der Waals surface area contributed by atoms with E-state index < -0.39 is 0 Å². The van der Waals surface area contributed by atoms with Gasteiger partial charge in [-0.15, -0.1) is 0 Å². The van der Waals surface area contributed by atoms with Crippen LogP contribution >= 0.6 is 0 Å². The highest BCUT2D eigenvalue weighted by atomic mass is 15.2. The lowest BCUT2D eigenvalue weighted by Crippen LogP contribution is -2.11. The Hall–Kier alpha value is -1.68. The van der Waals surface area contributed by atoms with E-state index in [2.05, 4.69) is 10.1 Å². The minimum atomic E-state index is 0.0499. The maximum absolute atomic E-state index is 6.08. The summed E-state index contributed by atoms with van der Waals surface area (Å²) in [4.78, 5) is 4.07. The van der Waals surface area contributed by atoms with Gasteiger partial charge >= 0.3 is 0 Å². The van der Waals surface area contributed by atoms with Crippen LogP contribution in [0.2, 0.25) is 0 Å². The molecule has 84 valence electrons. The molecule has 16 heavy (non-hydrogen) atoms. The summed E-state index contributed by atoms with van der Waals surface area (Å²) >= 11 is 0. The summed E-state index contributed by atoms with van der Waals surface area (Å²) in [5, 5.41) is 4.13. The molecule has 0 amide bonds. The third-order valence-electron chi connectivity index (χ3n) is 2.61. The predicted molar refractivity (Wildman–Crippen MR) is 62.7 cm³/mol. The van der Waals surface area contributed by atoms with Crippen LogP contribution in [0.3, 0.4) is 0 Å². The van der Waals surface area contributed by atoms with Gasteiger partial charge in [0.05, 0.1) is 6.20 Å². The summed E-state index contributed by atoms with van der Waals surface area (Å²) in [5.74, 6) is 0. The second kappa shape index (κ2) is 4.90. The topological polar surface area (TPSA) is 56.7 Å². The zero-order valence-electron chi connectivity index (χ0n) is 9.37. The predicted octanol–water partition coefficient (Wildman–Crippen LogP) is 1.45. The third kappa shape index (κ3) is 2.67. The van der Waals surface area contributed by atoms with Crippen LogP contribution in [0.1, 0.15) is 23.6 Å². The summed E-state index contributed by atoms with van der Waals surface area (Å²) in [6, 6.07) is 3.98.